The van der Waals surface area contributed by atoms with Crippen LogP contribution in [0.2, 0.25) is 0 Å². The zero-order valence-corrected chi connectivity index (χ0v) is 9.74. The molecule has 0 amide bonds. The highest BCUT2D eigenvalue weighted by molar-refractivity contribution is 5.87. The summed E-state index contributed by atoms with van der Waals surface area (Å²) in [6.07, 6.45) is 0.770. The van der Waals surface area contributed by atoms with E-state index < -0.39 is 81.0 Å². The van der Waals surface area contributed by atoms with E-state index in [1.807, 2.05) is 0 Å². The summed E-state index contributed by atoms with van der Waals surface area (Å²) in [4.78, 5) is 12.8. The fourth-order valence-electron chi connectivity index (χ4n) is 1.70. The van der Waals surface area contributed by atoms with Gasteiger partial charge in [0.2, 0.25) is 5.43 Å². The molecule has 0 spiro atoms. The van der Waals surface area contributed by atoms with Gasteiger partial charge in [-0.05, 0) is 17.6 Å². The molecule has 0 aliphatic heterocycles. The smallest absolute Gasteiger partial charge is 0.204 e. The molecule has 2 aromatic carbocycles. The second-order valence-electron chi connectivity index (χ2n) is 3.85. The zero-order chi connectivity index (χ0) is 19.5. The summed E-state index contributed by atoms with van der Waals surface area (Å²) in [5.41, 5.74) is -2.45. The number of hydrogen-bond acceptors (Lipinski definition) is 5. The van der Waals surface area contributed by atoms with Crippen molar-refractivity contribution in [1.29, 1.82) is 0 Å². The maximum atomic E-state index is 12.8. The zero-order valence-electron chi connectivity index (χ0n) is 15.7. The summed E-state index contributed by atoms with van der Waals surface area (Å²) >= 11 is 0. The van der Waals surface area contributed by atoms with E-state index >= 15 is 0 Å². The van der Waals surface area contributed by atoms with Gasteiger partial charge in [-0.1, -0.05) is 12.1 Å². The molecule has 0 aliphatic carbocycles. The Hall–Kier alpha value is -2.95. The highest BCUT2D eigenvalue weighted by Gasteiger charge is 2.13. The molecular formula is C15H10O5. The first-order chi connectivity index (χ1) is 12.1. The van der Waals surface area contributed by atoms with Crippen LogP contribution in [0.5, 0.6) is 17.2 Å². The van der Waals surface area contributed by atoms with Crippen molar-refractivity contribution in [3.05, 3.63) is 52.7 Å². The molecule has 0 fully saturated rings. The van der Waals surface area contributed by atoms with Gasteiger partial charge in [0.1, 0.15) is 34.5 Å². The Morgan fingerprint density at radius 1 is 1.00 bits per heavy atom. The lowest BCUT2D eigenvalue weighted by Gasteiger charge is -2.05. The van der Waals surface area contributed by atoms with Gasteiger partial charge in [-0.3, -0.25) is 4.79 Å². The van der Waals surface area contributed by atoms with E-state index in [2.05, 4.69) is 0 Å². The summed E-state index contributed by atoms with van der Waals surface area (Å²) in [6, 6.07) is -4.50. The molecule has 5 nitrogen and oxygen atoms in total. The Bertz CT molecular complexity index is 1130. The Morgan fingerprint density at radius 3 is 2.40 bits per heavy atom. The lowest BCUT2D eigenvalue weighted by atomic mass is 10.0. The van der Waals surface area contributed by atoms with Crippen molar-refractivity contribution >= 4 is 11.0 Å². The molecule has 1 aromatic heterocycles. The molecule has 1 heterocycles. The van der Waals surface area contributed by atoms with Gasteiger partial charge in [-0.2, -0.15) is 0 Å². The van der Waals surface area contributed by atoms with Gasteiger partial charge in [0.05, 0.1) is 13.8 Å². The van der Waals surface area contributed by atoms with E-state index in [-0.39, 0.29) is 0 Å². The number of hydrogen-bond donors (Lipinski definition) is 3. The maximum Gasteiger partial charge on any atom is 0.204 e. The highest BCUT2D eigenvalue weighted by Crippen LogP contribution is 2.29. The summed E-state index contributed by atoms with van der Waals surface area (Å²) in [5.74, 6) is -2.72. The molecule has 5 heteroatoms. The molecule has 0 unspecified atom stereocenters. The molecular weight excluding hydrogens is 260 g/mol. The molecule has 0 aliphatic rings. The van der Waals surface area contributed by atoms with E-state index in [0.29, 0.717) is 0 Å². The SMILES string of the molecule is [2H]c1c([2H])c(-c2coc3c([2H])c(O)c([2H])c(O)c3c2=O)c([2H])c([2H])c1O. The van der Waals surface area contributed by atoms with E-state index in [9.17, 15) is 20.1 Å². The Labute approximate surface area is 121 Å². The predicted molar refractivity (Wildman–Crippen MR) is 72.9 cm³/mol. The number of phenolic OH excluding ortho intramolecular Hbond substituents is 3. The second-order valence-corrected chi connectivity index (χ2v) is 3.85. The van der Waals surface area contributed by atoms with Crippen molar-refractivity contribution in [2.75, 3.05) is 0 Å². The fourth-order valence-corrected chi connectivity index (χ4v) is 1.70. The molecule has 100 valence electrons. The van der Waals surface area contributed by atoms with Crippen molar-refractivity contribution in [3.63, 3.8) is 0 Å². The molecule has 0 saturated heterocycles. The minimum atomic E-state index is -1.02. The van der Waals surface area contributed by atoms with Crippen molar-refractivity contribution in [1.82, 2.24) is 0 Å². The van der Waals surface area contributed by atoms with Crippen molar-refractivity contribution < 1.29 is 28.0 Å². The number of phenols is 3. The number of rotatable bonds is 1. The molecule has 3 rings (SSSR count). The summed E-state index contributed by atoms with van der Waals surface area (Å²) < 4.78 is 51.4. The van der Waals surface area contributed by atoms with E-state index in [4.69, 9.17) is 12.6 Å². The van der Waals surface area contributed by atoms with E-state index in [1.165, 1.54) is 0 Å². The van der Waals surface area contributed by atoms with Gasteiger partial charge in [0, 0.05) is 12.1 Å². The van der Waals surface area contributed by atoms with E-state index in [1.54, 1.807) is 0 Å². The maximum absolute atomic E-state index is 12.8. The van der Waals surface area contributed by atoms with Crippen LogP contribution in [0.3, 0.4) is 0 Å². The number of fused-ring (bicyclic) bond motifs is 1. The highest BCUT2D eigenvalue weighted by atomic mass is 16.3. The lowest BCUT2D eigenvalue weighted by molar-refractivity contribution is 0.452. The van der Waals surface area contributed by atoms with Crippen LogP contribution in [0.4, 0.5) is 0 Å². The molecule has 3 N–H and O–H groups in total. The van der Waals surface area contributed by atoms with Gasteiger partial charge >= 0.3 is 0 Å². The topological polar surface area (TPSA) is 90.9 Å². The average Bonchev–Trinajstić information content (AvgIpc) is 2.62. The molecule has 0 atom stereocenters. The first-order valence-corrected chi connectivity index (χ1v) is 5.35. The molecule has 0 bridgehead atoms. The van der Waals surface area contributed by atoms with Crippen LogP contribution in [-0.4, -0.2) is 15.3 Å². The Balaban J connectivity index is 2.51. The Kier molecular flexibility index (Phi) is 1.51. The van der Waals surface area contributed by atoms with Crippen molar-refractivity contribution in [3.8, 4) is 28.4 Å². The quantitative estimate of drug-likeness (QED) is 0.635. The first-order valence-electron chi connectivity index (χ1n) is 8.35. The molecule has 0 radical (unpaired) electrons. The minimum absolute atomic E-state index is 0.464. The first kappa shape index (κ1) is 7.00. The number of aromatic hydroxyl groups is 3. The minimum Gasteiger partial charge on any atom is -0.508 e. The standard InChI is InChI=1S/C15H10O5/c16-9-3-1-8(2-4-9)11-7-20-13-6-10(17)5-12(18)14(13)15(11)19/h1-7,16-18H/i1D,2D,3D,4D,5D,6D. The summed E-state index contributed by atoms with van der Waals surface area (Å²) in [7, 11) is 0. The van der Waals surface area contributed by atoms with E-state index in [0.717, 1.165) is 6.26 Å². The molecule has 3 aromatic rings. The van der Waals surface area contributed by atoms with Crippen LogP contribution < -0.4 is 5.43 Å². The third-order valence-electron chi connectivity index (χ3n) is 2.58. The average molecular weight is 276 g/mol. The van der Waals surface area contributed by atoms with Crippen molar-refractivity contribution in [2.24, 2.45) is 0 Å². The van der Waals surface area contributed by atoms with Gasteiger partial charge in [-0.25, -0.2) is 0 Å². The largest absolute Gasteiger partial charge is 0.508 e. The van der Waals surface area contributed by atoms with Gasteiger partial charge in [0.15, 0.2) is 0 Å². The summed E-state index contributed by atoms with van der Waals surface area (Å²) in [5, 5.41) is 28.6. The van der Waals surface area contributed by atoms with Crippen LogP contribution in [0.25, 0.3) is 22.1 Å². The molecule has 20 heavy (non-hydrogen) atoms. The van der Waals surface area contributed by atoms with Gasteiger partial charge in [-0.15, -0.1) is 0 Å². The third kappa shape index (κ3) is 1.85. The van der Waals surface area contributed by atoms with Gasteiger partial charge in [0.25, 0.3) is 0 Å². The van der Waals surface area contributed by atoms with Crippen molar-refractivity contribution in [2.45, 2.75) is 0 Å². The monoisotopic (exact) mass is 276 g/mol. The van der Waals surface area contributed by atoms with Crippen LogP contribution in [0.1, 0.15) is 8.22 Å². The van der Waals surface area contributed by atoms with Crippen LogP contribution in [-0.2, 0) is 0 Å². The van der Waals surface area contributed by atoms with Crippen LogP contribution in [0.15, 0.2) is 51.7 Å². The predicted octanol–water partition coefficient (Wildman–Crippen LogP) is 2.58. The van der Waals surface area contributed by atoms with Gasteiger partial charge < -0.3 is 19.7 Å². The normalized spacial score (nSPS) is 15.0. The third-order valence-corrected chi connectivity index (χ3v) is 2.58. The number of benzene rings is 2. The molecule has 0 saturated carbocycles. The second kappa shape index (κ2) is 4.31. The van der Waals surface area contributed by atoms with Crippen LogP contribution in [0, 0.1) is 0 Å². The Morgan fingerprint density at radius 2 is 1.70 bits per heavy atom. The van der Waals surface area contributed by atoms with Crippen LogP contribution >= 0.6 is 0 Å². The fraction of sp³-hybridized carbons (Fsp3) is 0. The summed E-state index contributed by atoms with van der Waals surface area (Å²) in [6.45, 7) is 0. The lowest BCUT2D eigenvalue weighted by Crippen LogP contribution is -2.04.